The smallest absolute Gasteiger partial charge is 0.358 e. The lowest BCUT2D eigenvalue weighted by molar-refractivity contribution is 0.0593. The Kier molecular flexibility index (Phi) is 4.02. The van der Waals surface area contributed by atoms with Crippen molar-refractivity contribution < 1.29 is 9.53 Å². The molecule has 0 fully saturated rings. The molecule has 0 atom stereocenters. The van der Waals surface area contributed by atoms with Crippen LogP contribution < -0.4 is 5.32 Å². The van der Waals surface area contributed by atoms with Gasteiger partial charge < -0.3 is 10.1 Å². The highest BCUT2D eigenvalue weighted by Gasteiger charge is 2.07. The molecule has 0 aliphatic carbocycles. The van der Waals surface area contributed by atoms with Gasteiger partial charge >= 0.3 is 5.97 Å². The van der Waals surface area contributed by atoms with Crippen molar-refractivity contribution in [3.63, 3.8) is 0 Å². The number of hydrogen-bond acceptors (Lipinski definition) is 6. The van der Waals surface area contributed by atoms with Crippen LogP contribution in [0.5, 0.6) is 0 Å². The van der Waals surface area contributed by atoms with Crippen LogP contribution in [0.4, 0.5) is 5.82 Å². The zero-order chi connectivity index (χ0) is 13.7. The van der Waals surface area contributed by atoms with Crippen LogP contribution >= 0.6 is 0 Å². The van der Waals surface area contributed by atoms with E-state index >= 15 is 0 Å². The Bertz CT molecular complexity index is 552. The average Bonchev–Trinajstić information content (AvgIpc) is 2.46. The summed E-state index contributed by atoms with van der Waals surface area (Å²) in [7, 11) is 1.31. The molecular formula is C13H14N4O2. The monoisotopic (exact) mass is 258 g/mol. The highest BCUT2D eigenvalue weighted by atomic mass is 16.5. The second kappa shape index (κ2) is 5.90. The first-order valence-electron chi connectivity index (χ1n) is 5.75. The first-order chi connectivity index (χ1) is 9.19. The van der Waals surface area contributed by atoms with Crippen molar-refractivity contribution in [1.82, 2.24) is 15.0 Å². The van der Waals surface area contributed by atoms with Gasteiger partial charge in [-0.2, -0.15) is 0 Å². The third-order valence-electron chi connectivity index (χ3n) is 2.49. The van der Waals surface area contributed by atoms with Crippen molar-refractivity contribution in [3.05, 3.63) is 47.7 Å². The number of methoxy groups -OCH3 is 1. The zero-order valence-corrected chi connectivity index (χ0v) is 10.8. The number of aromatic nitrogens is 3. The lowest BCUT2D eigenvalue weighted by Crippen LogP contribution is -2.07. The van der Waals surface area contributed by atoms with Gasteiger partial charge in [0.15, 0.2) is 5.69 Å². The lowest BCUT2D eigenvalue weighted by Gasteiger charge is -2.05. The molecule has 0 spiro atoms. The van der Waals surface area contributed by atoms with E-state index in [2.05, 4.69) is 25.0 Å². The van der Waals surface area contributed by atoms with Crippen LogP contribution in [0.1, 0.15) is 21.7 Å². The average molecular weight is 258 g/mol. The van der Waals surface area contributed by atoms with E-state index in [1.807, 2.05) is 19.1 Å². The van der Waals surface area contributed by atoms with E-state index in [0.717, 1.165) is 11.3 Å². The molecule has 0 aliphatic rings. The number of anilines is 1. The molecule has 98 valence electrons. The standard InChI is InChI=1S/C13H14N4O2/c1-9-3-4-10(5-14-9)6-16-12-8-15-11(7-17-12)13(18)19-2/h3-5,7-8H,6H2,1-2H3,(H,16,17). The maximum Gasteiger partial charge on any atom is 0.358 e. The fourth-order valence-electron chi connectivity index (χ4n) is 1.42. The van der Waals surface area contributed by atoms with Crippen molar-refractivity contribution >= 4 is 11.8 Å². The van der Waals surface area contributed by atoms with Crippen LogP contribution in [-0.4, -0.2) is 28.0 Å². The molecule has 0 saturated carbocycles. The molecule has 0 saturated heterocycles. The number of aryl methyl sites for hydroxylation is 1. The summed E-state index contributed by atoms with van der Waals surface area (Å²) in [6.45, 7) is 2.54. The number of hydrogen-bond donors (Lipinski definition) is 1. The van der Waals surface area contributed by atoms with Crippen LogP contribution in [0.3, 0.4) is 0 Å². The molecular weight excluding hydrogens is 244 g/mol. The summed E-state index contributed by atoms with van der Waals surface area (Å²) < 4.78 is 4.55. The number of ether oxygens (including phenoxy) is 1. The number of esters is 1. The van der Waals surface area contributed by atoms with E-state index in [1.54, 1.807) is 6.20 Å². The second-order valence-electron chi connectivity index (χ2n) is 3.94. The summed E-state index contributed by atoms with van der Waals surface area (Å²) >= 11 is 0. The molecule has 0 aromatic carbocycles. The molecule has 0 aliphatic heterocycles. The summed E-state index contributed by atoms with van der Waals surface area (Å²) in [5, 5.41) is 3.10. The van der Waals surface area contributed by atoms with E-state index in [1.165, 1.54) is 19.5 Å². The summed E-state index contributed by atoms with van der Waals surface area (Å²) in [6.07, 6.45) is 4.67. The van der Waals surface area contributed by atoms with E-state index in [4.69, 9.17) is 0 Å². The molecule has 2 rings (SSSR count). The number of nitrogens with one attached hydrogen (secondary N) is 1. The summed E-state index contributed by atoms with van der Waals surface area (Å²) in [5.74, 6) is 0.0926. The molecule has 0 unspecified atom stereocenters. The molecule has 2 heterocycles. The van der Waals surface area contributed by atoms with Crippen molar-refractivity contribution in [2.45, 2.75) is 13.5 Å². The van der Waals surface area contributed by atoms with Crippen LogP contribution in [0.25, 0.3) is 0 Å². The third-order valence-corrected chi connectivity index (χ3v) is 2.49. The third kappa shape index (κ3) is 3.48. The molecule has 0 amide bonds. The summed E-state index contributed by atoms with van der Waals surface area (Å²) in [6, 6.07) is 3.94. The Hall–Kier alpha value is -2.50. The van der Waals surface area contributed by atoms with Gasteiger partial charge in [-0.05, 0) is 18.6 Å². The Morgan fingerprint density at radius 1 is 1.21 bits per heavy atom. The first kappa shape index (κ1) is 12.9. The van der Waals surface area contributed by atoms with Crippen LogP contribution in [0.15, 0.2) is 30.7 Å². The van der Waals surface area contributed by atoms with E-state index < -0.39 is 5.97 Å². The predicted molar refractivity (Wildman–Crippen MR) is 69.7 cm³/mol. The Morgan fingerprint density at radius 2 is 2.05 bits per heavy atom. The van der Waals surface area contributed by atoms with E-state index in [9.17, 15) is 4.79 Å². The Balaban J connectivity index is 1.96. The maximum atomic E-state index is 11.2. The molecule has 19 heavy (non-hydrogen) atoms. The number of pyridine rings is 1. The minimum absolute atomic E-state index is 0.185. The Labute approximate surface area is 110 Å². The first-order valence-corrected chi connectivity index (χ1v) is 5.75. The van der Waals surface area contributed by atoms with Crippen molar-refractivity contribution in [2.24, 2.45) is 0 Å². The zero-order valence-electron chi connectivity index (χ0n) is 10.8. The maximum absolute atomic E-state index is 11.2. The normalized spacial score (nSPS) is 10.0. The predicted octanol–water partition coefficient (Wildman–Crippen LogP) is 1.58. The van der Waals surface area contributed by atoms with Gasteiger partial charge in [0, 0.05) is 18.4 Å². The topological polar surface area (TPSA) is 77.0 Å². The quantitative estimate of drug-likeness (QED) is 0.839. The van der Waals surface area contributed by atoms with Crippen molar-refractivity contribution in [3.8, 4) is 0 Å². The highest BCUT2D eigenvalue weighted by molar-refractivity contribution is 5.86. The van der Waals surface area contributed by atoms with E-state index in [0.29, 0.717) is 12.4 Å². The summed E-state index contributed by atoms with van der Waals surface area (Å²) in [4.78, 5) is 23.4. The molecule has 2 aromatic rings. The van der Waals surface area contributed by atoms with Gasteiger partial charge in [-0.25, -0.2) is 14.8 Å². The number of nitrogens with zero attached hydrogens (tertiary/aromatic N) is 3. The van der Waals surface area contributed by atoms with Crippen LogP contribution in [-0.2, 0) is 11.3 Å². The van der Waals surface area contributed by atoms with Gasteiger partial charge in [-0.3, -0.25) is 4.98 Å². The van der Waals surface area contributed by atoms with Crippen molar-refractivity contribution in [1.29, 1.82) is 0 Å². The van der Waals surface area contributed by atoms with Gasteiger partial charge in [0.05, 0.1) is 19.5 Å². The molecule has 0 radical (unpaired) electrons. The van der Waals surface area contributed by atoms with E-state index in [-0.39, 0.29) is 5.69 Å². The number of rotatable bonds is 4. The second-order valence-corrected chi connectivity index (χ2v) is 3.94. The Morgan fingerprint density at radius 3 is 2.63 bits per heavy atom. The SMILES string of the molecule is COC(=O)c1cnc(NCc2ccc(C)nc2)cn1. The number of carbonyl (C=O) groups excluding carboxylic acids is 1. The fourth-order valence-corrected chi connectivity index (χ4v) is 1.42. The molecule has 0 bridgehead atoms. The van der Waals surface area contributed by atoms with Gasteiger partial charge in [-0.1, -0.05) is 6.07 Å². The van der Waals surface area contributed by atoms with Gasteiger partial charge in [-0.15, -0.1) is 0 Å². The lowest BCUT2D eigenvalue weighted by atomic mass is 10.2. The molecule has 1 N–H and O–H groups in total. The molecule has 2 aromatic heterocycles. The minimum atomic E-state index is -0.498. The fraction of sp³-hybridized carbons (Fsp3) is 0.231. The van der Waals surface area contributed by atoms with Gasteiger partial charge in [0.2, 0.25) is 0 Å². The number of carbonyl (C=O) groups is 1. The van der Waals surface area contributed by atoms with Crippen LogP contribution in [0, 0.1) is 6.92 Å². The minimum Gasteiger partial charge on any atom is -0.464 e. The van der Waals surface area contributed by atoms with Gasteiger partial charge in [0.25, 0.3) is 0 Å². The van der Waals surface area contributed by atoms with Crippen molar-refractivity contribution in [2.75, 3.05) is 12.4 Å². The molecule has 6 heteroatoms. The van der Waals surface area contributed by atoms with Crippen LogP contribution in [0.2, 0.25) is 0 Å². The largest absolute Gasteiger partial charge is 0.464 e. The highest BCUT2D eigenvalue weighted by Crippen LogP contribution is 2.05. The summed E-state index contributed by atoms with van der Waals surface area (Å²) in [5.41, 5.74) is 2.21. The molecule has 6 nitrogen and oxygen atoms in total. The van der Waals surface area contributed by atoms with Gasteiger partial charge in [0.1, 0.15) is 5.82 Å².